The highest BCUT2D eigenvalue weighted by Crippen LogP contribution is 2.70. The summed E-state index contributed by atoms with van der Waals surface area (Å²) in [5.74, 6) is 0.776. The van der Waals surface area contributed by atoms with Gasteiger partial charge >= 0.3 is 0 Å². The Hall–Kier alpha value is -0.830. The highest BCUT2D eigenvalue weighted by atomic mass is 15.2. The second-order valence-electron chi connectivity index (χ2n) is 7.54. The number of nitrogens with zero attached hydrogens (tertiary/aromatic N) is 2. The van der Waals surface area contributed by atoms with E-state index in [-0.39, 0.29) is 0 Å². The van der Waals surface area contributed by atoms with Crippen molar-refractivity contribution in [2.75, 3.05) is 6.54 Å². The molecule has 3 heteroatoms. The van der Waals surface area contributed by atoms with Crippen LogP contribution in [0.3, 0.4) is 0 Å². The molecule has 1 N–H and O–H groups in total. The molecular weight excluding hydrogens is 246 g/mol. The van der Waals surface area contributed by atoms with Gasteiger partial charge in [-0.2, -0.15) is 5.10 Å². The Morgan fingerprint density at radius 2 is 1.95 bits per heavy atom. The first kappa shape index (κ1) is 15.6. The van der Waals surface area contributed by atoms with E-state index in [9.17, 15) is 0 Å². The summed E-state index contributed by atoms with van der Waals surface area (Å²) >= 11 is 0. The van der Waals surface area contributed by atoms with Crippen molar-refractivity contribution in [2.45, 2.75) is 59.9 Å². The molecule has 1 unspecified atom stereocenters. The molecule has 1 aromatic heterocycles. The topological polar surface area (TPSA) is 29.9 Å². The smallest absolute Gasteiger partial charge is 0.0521 e. The van der Waals surface area contributed by atoms with Crippen molar-refractivity contribution in [2.24, 2.45) is 23.8 Å². The minimum atomic E-state index is 0.452. The van der Waals surface area contributed by atoms with Crippen LogP contribution in [0.1, 0.15) is 53.0 Å². The molecule has 1 saturated carbocycles. The normalized spacial score (nSPS) is 21.9. The zero-order valence-electron chi connectivity index (χ0n) is 14.0. The van der Waals surface area contributed by atoms with Crippen LogP contribution in [0.5, 0.6) is 0 Å². The average Bonchev–Trinajstić information content (AvgIpc) is 2.67. The van der Waals surface area contributed by atoms with E-state index in [1.807, 2.05) is 17.9 Å². The fourth-order valence-corrected chi connectivity index (χ4v) is 3.89. The predicted octanol–water partition coefficient (Wildman–Crippen LogP) is 3.40. The summed E-state index contributed by atoms with van der Waals surface area (Å²) in [4.78, 5) is 0. The van der Waals surface area contributed by atoms with Gasteiger partial charge in [0.25, 0.3) is 0 Å². The van der Waals surface area contributed by atoms with Gasteiger partial charge in [-0.1, -0.05) is 34.6 Å². The number of aryl methyl sites for hydroxylation is 2. The van der Waals surface area contributed by atoms with E-state index in [0.717, 1.165) is 18.9 Å². The SMILES string of the molecule is CCCNC(CCc1cnn(C)c1)C1C(C)(C)C1(C)C. The van der Waals surface area contributed by atoms with Gasteiger partial charge in [-0.05, 0) is 48.1 Å². The molecule has 20 heavy (non-hydrogen) atoms. The molecule has 1 aliphatic carbocycles. The fraction of sp³-hybridized carbons (Fsp3) is 0.824. The van der Waals surface area contributed by atoms with Crippen molar-refractivity contribution in [1.29, 1.82) is 0 Å². The lowest BCUT2D eigenvalue weighted by Gasteiger charge is -2.20. The van der Waals surface area contributed by atoms with Crippen LogP contribution in [-0.4, -0.2) is 22.4 Å². The molecule has 114 valence electrons. The first-order chi connectivity index (χ1) is 9.30. The van der Waals surface area contributed by atoms with E-state index in [2.05, 4.69) is 51.2 Å². The first-order valence-electron chi connectivity index (χ1n) is 8.01. The van der Waals surface area contributed by atoms with Crippen molar-refractivity contribution in [3.8, 4) is 0 Å². The molecular formula is C17H31N3. The highest BCUT2D eigenvalue weighted by Gasteiger charge is 2.66. The zero-order valence-corrected chi connectivity index (χ0v) is 14.0. The van der Waals surface area contributed by atoms with Crippen LogP contribution in [-0.2, 0) is 13.5 Å². The van der Waals surface area contributed by atoms with Gasteiger partial charge in [0.05, 0.1) is 6.20 Å². The maximum Gasteiger partial charge on any atom is 0.0521 e. The Bertz CT molecular complexity index is 431. The minimum Gasteiger partial charge on any atom is -0.314 e. The molecule has 0 amide bonds. The minimum absolute atomic E-state index is 0.452. The molecule has 0 spiro atoms. The van der Waals surface area contributed by atoms with Crippen LogP contribution >= 0.6 is 0 Å². The Kier molecular flexibility index (Phi) is 4.29. The zero-order chi connectivity index (χ0) is 15.0. The van der Waals surface area contributed by atoms with Crippen LogP contribution in [0.15, 0.2) is 12.4 Å². The van der Waals surface area contributed by atoms with Gasteiger partial charge in [0, 0.05) is 19.3 Å². The number of hydrogen-bond donors (Lipinski definition) is 1. The molecule has 1 fully saturated rings. The molecule has 0 bridgehead atoms. The summed E-state index contributed by atoms with van der Waals surface area (Å²) in [5, 5.41) is 8.06. The van der Waals surface area contributed by atoms with Gasteiger partial charge in [-0.15, -0.1) is 0 Å². The van der Waals surface area contributed by atoms with Gasteiger partial charge in [0.1, 0.15) is 0 Å². The van der Waals surface area contributed by atoms with Crippen molar-refractivity contribution in [1.82, 2.24) is 15.1 Å². The van der Waals surface area contributed by atoms with Gasteiger partial charge in [0.2, 0.25) is 0 Å². The van der Waals surface area contributed by atoms with Gasteiger partial charge in [0.15, 0.2) is 0 Å². The molecule has 3 nitrogen and oxygen atoms in total. The third-order valence-electron chi connectivity index (χ3n) is 5.69. The van der Waals surface area contributed by atoms with Gasteiger partial charge in [-0.3, -0.25) is 4.68 Å². The van der Waals surface area contributed by atoms with E-state index >= 15 is 0 Å². The third-order valence-corrected chi connectivity index (χ3v) is 5.69. The average molecular weight is 277 g/mol. The third kappa shape index (κ3) is 2.78. The summed E-state index contributed by atoms with van der Waals surface area (Å²) in [6, 6.07) is 0.625. The largest absolute Gasteiger partial charge is 0.314 e. The number of rotatable bonds is 7. The van der Waals surface area contributed by atoms with E-state index in [1.165, 1.54) is 18.4 Å². The standard InChI is InChI=1S/C17H31N3/c1-7-10-18-14(15-16(2,3)17(15,4)5)9-8-13-11-19-20(6)12-13/h11-12,14-15,18H,7-10H2,1-6H3. The number of aromatic nitrogens is 2. The van der Waals surface area contributed by atoms with Crippen molar-refractivity contribution >= 4 is 0 Å². The first-order valence-corrected chi connectivity index (χ1v) is 8.01. The molecule has 0 aliphatic heterocycles. The summed E-state index contributed by atoms with van der Waals surface area (Å²) < 4.78 is 1.90. The lowest BCUT2D eigenvalue weighted by molar-refractivity contribution is 0.377. The Morgan fingerprint density at radius 3 is 2.40 bits per heavy atom. The number of hydrogen-bond acceptors (Lipinski definition) is 2. The molecule has 1 aliphatic rings. The van der Waals surface area contributed by atoms with Crippen molar-refractivity contribution < 1.29 is 0 Å². The molecule has 2 rings (SSSR count). The second-order valence-corrected chi connectivity index (χ2v) is 7.54. The maximum atomic E-state index is 4.27. The Labute approximate surface area is 124 Å². The van der Waals surface area contributed by atoms with Crippen LogP contribution in [0.25, 0.3) is 0 Å². The molecule has 1 atom stereocenters. The van der Waals surface area contributed by atoms with Crippen LogP contribution in [0.2, 0.25) is 0 Å². The van der Waals surface area contributed by atoms with Crippen LogP contribution in [0.4, 0.5) is 0 Å². The monoisotopic (exact) mass is 277 g/mol. The van der Waals surface area contributed by atoms with E-state index in [1.54, 1.807) is 0 Å². The van der Waals surface area contributed by atoms with Crippen LogP contribution in [0, 0.1) is 16.7 Å². The Morgan fingerprint density at radius 1 is 1.30 bits per heavy atom. The van der Waals surface area contributed by atoms with Crippen molar-refractivity contribution in [3.05, 3.63) is 18.0 Å². The lowest BCUT2D eigenvalue weighted by atomic mass is 9.98. The van der Waals surface area contributed by atoms with E-state index < -0.39 is 0 Å². The van der Waals surface area contributed by atoms with Gasteiger partial charge in [-0.25, -0.2) is 0 Å². The van der Waals surface area contributed by atoms with Crippen molar-refractivity contribution in [3.63, 3.8) is 0 Å². The second kappa shape index (κ2) is 5.51. The predicted molar refractivity (Wildman–Crippen MR) is 84.7 cm³/mol. The van der Waals surface area contributed by atoms with Crippen LogP contribution < -0.4 is 5.32 Å². The quantitative estimate of drug-likeness (QED) is 0.828. The molecule has 1 aromatic rings. The summed E-state index contributed by atoms with van der Waals surface area (Å²) in [7, 11) is 1.99. The summed E-state index contributed by atoms with van der Waals surface area (Å²) in [6.45, 7) is 13.0. The molecule has 1 heterocycles. The van der Waals surface area contributed by atoms with E-state index in [4.69, 9.17) is 0 Å². The van der Waals surface area contributed by atoms with E-state index in [0.29, 0.717) is 16.9 Å². The lowest BCUT2D eigenvalue weighted by Crippen LogP contribution is -2.34. The highest BCUT2D eigenvalue weighted by molar-refractivity contribution is 5.17. The fourth-order valence-electron chi connectivity index (χ4n) is 3.89. The maximum absolute atomic E-state index is 4.27. The van der Waals surface area contributed by atoms with Gasteiger partial charge < -0.3 is 5.32 Å². The molecule has 0 aromatic carbocycles. The molecule has 0 saturated heterocycles. The number of nitrogens with one attached hydrogen (secondary N) is 1. The summed E-state index contributed by atoms with van der Waals surface area (Å²) in [6.07, 6.45) is 7.68. The molecule has 0 radical (unpaired) electrons. The Balaban J connectivity index is 1.98. The summed E-state index contributed by atoms with van der Waals surface area (Å²) in [5.41, 5.74) is 2.26.